The Morgan fingerprint density at radius 3 is 2.71 bits per heavy atom. The van der Waals surface area contributed by atoms with Crippen molar-refractivity contribution < 1.29 is 26.7 Å². The molecule has 21 heavy (non-hydrogen) atoms. The molecule has 1 heterocycles. The van der Waals surface area contributed by atoms with Crippen LogP contribution < -0.4 is 4.74 Å². The van der Waals surface area contributed by atoms with Gasteiger partial charge in [0.1, 0.15) is 5.82 Å². The molecule has 116 valence electrons. The second kappa shape index (κ2) is 5.97. The molecule has 1 saturated heterocycles. The van der Waals surface area contributed by atoms with Gasteiger partial charge in [-0.3, -0.25) is 4.79 Å². The lowest BCUT2D eigenvalue weighted by atomic mass is 10.2. The van der Waals surface area contributed by atoms with E-state index in [1.807, 2.05) is 0 Å². The maximum Gasteiger partial charge on any atom is 0.260 e. The molecular weight excluding hydrogens is 304 g/mol. The number of benzene rings is 1. The SMILES string of the molecule is CN(C(=O)COc1ccc(F)cc1F)[C@@H]1CCS(=O)(=O)C1. The van der Waals surface area contributed by atoms with Gasteiger partial charge in [-0.25, -0.2) is 17.2 Å². The van der Waals surface area contributed by atoms with E-state index in [-0.39, 0.29) is 23.3 Å². The van der Waals surface area contributed by atoms with Crippen molar-refractivity contribution in [1.29, 1.82) is 0 Å². The van der Waals surface area contributed by atoms with E-state index in [1.165, 1.54) is 11.9 Å². The number of amides is 1. The van der Waals surface area contributed by atoms with Crippen LogP contribution >= 0.6 is 0 Å². The van der Waals surface area contributed by atoms with Gasteiger partial charge in [0.25, 0.3) is 5.91 Å². The number of likely N-dealkylation sites (N-methyl/N-ethyl adjacent to an activating group) is 1. The van der Waals surface area contributed by atoms with Crippen LogP contribution in [-0.2, 0) is 14.6 Å². The lowest BCUT2D eigenvalue weighted by Gasteiger charge is -2.23. The zero-order valence-corrected chi connectivity index (χ0v) is 12.2. The molecule has 0 bridgehead atoms. The van der Waals surface area contributed by atoms with Gasteiger partial charge in [-0.15, -0.1) is 0 Å². The van der Waals surface area contributed by atoms with E-state index in [1.54, 1.807) is 0 Å². The van der Waals surface area contributed by atoms with Crippen LogP contribution in [0, 0.1) is 11.6 Å². The minimum absolute atomic E-state index is 0.0583. The van der Waals surface area contributed by atoms with Gasteiger partial charge in [0.05, 0.1) is 11.5 Å². The Hall–Kier alpha value is -1.70. The summed E-state index contributed by atoms with van der Waals surface area (Å²) in [6, 6.07) is 2.39. The van der Waals surface area contributed by atoms with Gasteiger partial charge in [-0.1, -0.05) is 0 Å². The number of ether oxygens (including phenoxy) is 1. The van der Waals surface area contributed by atoms with Gasteiger partial charge in [-0.2, -0.15) is 0 Å². The zero-order valence-electron chi connectivity index (χ0n) is 11.4. The summed E-state index contributed by atoms with van der Waals surface area (Å²) in [7, 11) is -1.60. The van der Waals surface area contributed by atoms with E-state index < -0.39 is 34.0 Å². The third-order valence-electron chi connectivity index (χ3n) is 3.39. The van der Waals surface area contributed by atoms with Gasteiger partial charge >= 0.3 is 0 Å². The fourth-order valence-electron chi connectivity index (χ4n) is 2.12. The average Bonchev–Trinajstić information content (AvgIpc) is 2.77. The molecule has 8 heteroatoms. The minimum Gasteiger partial charge on any atom is -0.481 e. The normalized spacial score (nSPS) is 20.2. The Morgan fingerprint density at radius 1 is 1.43 bits per heavy atom. The first-order valence-corrected chi connectivity index (χ1v) is 8.14. The van der Waals surface area contributed by atoms with Crippen LogP contribution in [0.2, 0.25) is 0 Å². The first kappa shape index (κ1) is 15.7. The minimum atomic E-state index is -3.09. The number of hydrogen-bond donors (Lipinski definition) is 0. The molecule has 0 saturated carbocycles. The highest BCUT2D eigenvalue weighted by atomic mass is 32.2. The van der Waals surface area contributed by atoms with E-state index in [0.717, 1.165) is 12.1 Å². The Kier molecular flexibility index (Phi) is 4.46. The van der Waals surface area contributed by atoms with Crippen molar-refractivity contribution in [2.75, 3.05) is 25.2 Å². The Balaban J connectivity index is 1.92. The number of hydrogen-bond acceptors (Lipinski definition) is 4. The molecule has 0 aliphatic carbocycles. The summed E-state index contributed by atoms with van der Waals surface area (Å²) in [5.74, 6) is -2.32. The maximum atomic E-state index is 13.3. The molecule has 5 nitrogen and oxygen atoms in total. The summed E-state index contributed by atoms with van der Waals surface area (Å²) >= 11 is 0. The van der Waals surface area contributed by atoms with Gasteiger partial charge in [0.2, 0.25) is 0 Å². The van der Waals surface area contributed by atoms with Crippen molar-refractivity contribution >= 4 is 15.7 Å². The molecule has 1 amide bonds. The molecule has 0 unspecified atom stereocenters. The molecule has 1 fully saturated rings. The molecule has 1 aliphatic rings. The third kappa shape index (κ3) is 3.90. The highest BCUT2D eigenvalue weighted by molar-refractivity contribution is 7.91. The average molecular weight is 319 g/mol. The predicted octanol–water partition coefficient (Wildman–Crippen LogP) is 0.989. The third-order valence-corrected chi connectivity index (χ3v) is 5.14. The van der Waals surface area contributed by atoms with Crippen LogP contribution in [0.25, 0.3) is 0 Å². The smallest absolute Gasteiger partial charge is 0.260 e. The molecular formula is C13H15F2NO4S. The Morgan fingerprint density at radius 2 is 2.14 bits per heavy atom. The molecule has 0 radical (unpaired) electrons. The Labute approximate surface area is 121 Å². The summed E-state index contributed by atoms with van der Waals surface area (Å²) in [4.78, 5) is 13.2. The number of carbonyl (C=O) groups is 1. The van der Waals surface area contributed by atoms with Crippen molar-refractivity contribution in [2.24, 2.45) is 0 Å². The maximum absolute atomic E-state index is 13.3. The summed E-state index contributed by atoms with van der Waals surface area (Å²) in [5.41, 5.74) is 0. The van der Waals surface area contributed by atoms with Crippen molar-refractivity contribution in [3.05, 3.63) is 29.8 Å². The first-order valence-electron chi connectivity index (χ1n) is 6.32. The molecule has 1 aliphatic heterocycles. The highest BCUT2D eigenvalue weighted by Crippen LogP contribution is 2.19. The van der Waals surface area contributed by atoms with E-state index in [2.05, 4.69) is 0 Å². The van der Waals surface area contributed by atoms with Crippen LogP contribution in [0.1, 0.15) is 6.42 Å². The van der Waals surface area contributed by atoms with Gasteiger partial charge in [0, 0.05) is 19.2 Å². The first-order chi connectivity index (χ1) is 9.78. The van der Waals surface area contributed by atoms with Crippen LogP contribution in [0.3, 0.4) is 0 Å². The molecule has 2 rings (SSSR count). The molecule has 0 N–H and O–H groups in total. The van der Waals surface area contributed by atoms with E-state index in [0.29, 0.717) is 12.5 Å². The predicted molar refractivity (Wildman–Crippen MR) is 71.7 cm³/mol. The van der Waals surface area contributed by atoms with Gasteiger partial charge < -0.3 is 9.64 Å². The van der Waals surface area contributed by atoms with Crippen LogP contribution in [-0.4, -0.2) is 50.4 Å². The number of nitrogens with zero attached hydrogens (tertiary/aromatic N) is 1. The lowest BCUT2D eigenvalue weighted by Crippen LogP contribution is -2.40. The fourth-order valence-corrected chi connectivity index (χ4v) is 3.89. The second-order valence-electron chi connectivity index (χ2n) is 4.92. The van der Waals surface area contributed by atoms with E-state index >= 15 is 0 Å². The standard InChI is InChI=1S/C13H15F2NO4S/c1-16(10-4-5-21(18,19)8-10)13(17)7-20-12-3-2-9(14)6-11(12)15/h2-3,6,10H,4-5,7-8H2,1H3/t10-/m1/s1. The molecule has 0 spiro atoms. The van der Waals surface area contributed by atoms with E-state index in [4.69, 9.17) is 4.74 Å². The van der Waals surface area contributed by atoms with Crippen molar-refractivity contribution in [2.45, 2.75) is 12.5 Å². The number of rotatable bonds is 4. The highest BCUT2D eigenvalue weighted by Gasteiger charge is 2.32. The van der Waals surface area contributed by atoms with Crippen molar-refractivity contribution in [1.82, 2.24) is 4.90 Å². The molecule has 1 atom stereocenters. The monoisotopic (exact) mass is 319 g/mol. The second-order valence-corrected chi connectivity index (χ2v) is 7.15. The topological polar surface area (TPSA) is 63.7 Å². The summed E-state index contributed by atoms with van der Waals surface area (Å²) in [6.07, 6.45) is 0.384. The lowest BCUT2D eigenvalue weighted by molar-refractivity contribution is -0.133. The van der Waals surface area contributed by atoms with Crippen LogP contribution in [0.15, 0.2) is 18.2 Å². The number of carbonyl (C=O) groups excluding carboxylic acids is 1. The van der Waals surface area contributed by atoms with Crippen LogP contribution in [0.4, 0.5) is 8.78 Å². The molecule has 0 aromatic heterocycles. The molecule has 1 aromatic rings. The van der Waals surface area contributed by atoms with E-state index in [9.17, 15) is 22.0 Å². The van der Waals surface area contributed by atoms with Gasteiger partial charge in [0.15, 0.2) is 28.0 Å². The Bertz CT molecular complexity index is 648. The van der Waals surface area contributed by atoms with Crippen LogP contribution in [0.5, 0.6) is 5.75 Å². The number of sulfone groups is 1. The largest absolute Gasteiger partial charge is 0.481 e. The summed E-state index contributed by atoms with van der Waals surface area (Å²) in [5, 5.41) is 0. The molecule has 1 aromatic carbocycles. The quantitative estimate of drug-likeness (QED) is 0.830. The fraction of sp³-hybridized carbons (Fsp3) is 0.462. The van der Waals surface area contributed by atoms with Crippen molar-refractivity contribution in [3.63, 3.8) is 0 Å². The number of halogens is 2. The summed E-state index contributed by atoms with van der Waals surface area (Å²) < 4.78 is 53.8. The summed E-state index contributed by atoms with van der Waals surface area (Å²) in [6.45, 7) is -0.435. The zero-order chi connectivity index (χ0) is 15.6. The van der Waals surface area contributed by atoms with Gasteiger partial charge in [-0.05, 0) is 18.6 Å². The van der Waals surface area contributed by atoms with Crippen molar-refractivity contribution in [3.8, 4) is 5.75 Å².